The van der Waals surface area contributed by atoms with Crippen molar-refractivity contribution in [3.05, 3.63) is 72.4 Å². The number of aryl methyl sites for hydroxylation is 2. The van der Waals surface area contributed by atoms with Crippen LogP contribution in [0.15, 0.2) is 60.8 Å². The van der Waals surface area contributed by atoms with Crippen molar-refractivity contribution in [2.75, 3.05) is 0 Å². The van der Waals surface area contributed by atoms with E-state index in [1.807, 2.05) is 52.1 Å². The van der Waals surface area contributed by atoms with Crippen molar-refractivity contribution in [2.24, 2.45) is 23.5 Å². The van der Waals surface area contributed by atoms with Gasteiger partial charge in [0.2, 0.25) is 0 Å². The van der Waals surface area contributed by atoms with Crippen LogP contribution in [0.4, 0.5) is 4.79 Å². The molecule has 3 aromatic carbocycles. The molecule has 0 saturated heterocycles. The molecule has 49 heavy (non-hydrogen) atoms. The van der Waals surface area contributed by atoms with Gasteiger partial charge in [-0.2, -0.15) is 0 Å². The highest BCUT2D eigenvalue weighted by atomic mass is 16.6. The van der Waals surface area contributed by atoms with Gasteiger partial charge in [0.15, 0.2) is 0 Å². The van der Waals surface area contributed by atoms with Crippen molar-refractivity contribution in [3.8, 4) is 22.4 Å². The number of nitrogens with zero attached hydrogens (tertiary/aromatic N) is 4. The Labute approximate surface area is 286 Å². The van der Waals surface area contributed by atoms with E-state index < -0.39 is 5.60 Å². The Morgan fingerprint density at radius 2 is 1.45 bits per heavy atom. The summed E-state index contributed by atoms with van der Waals surface area (Å²) in [6.45, 7) is 12.0. The topological polar surface area (TPSA) is 147 Å². The molecule has 0 spiro atoms. The Morgan fingerprint density at radius 3 is 2.10 bits per heavy atom. The van der Waals surface area contributed by atoms with E-state index in [0.29, 0.717) is 17.9 Å². The number of aromatic amines is 2. The number of ether oxygens (including phenoxy) is 1. The lowest BCUT2D eigenvalue weighted by Gasteiger charge is -2.24. The van der Waals surface area contributed by atoms with Gasteiger partial charge in [0.05, 0.1) is 45.0 Å². The van der Waals surface area contributed by atoms with Crippen LogP contribution >= 0.6 is 0 Å². The van der Waals surface area contributed by atoms with Gasteiger partial charge in [-0.25, -0.2) is 19.7 Å². The zero-order valence-electron chi connectivity index (χ0n) is 29.2. The molecule has 5 atom stereocenters. The SMILES string of the molecule is CC(CCc1nc2ccc(-c3cnc4cc(-c5ccc6nc(CCC7C(N)[C@@H]7C)[nH]c6c5)ccc4n3)cc2[nH]1)[C@@H](C)NC(=O)OC(C)(C)C. The standard InChI is InChI=1S/C39H46N8O2/c1-21(23(3)42-38(48)49-39(4,5)6)7-15-35-44-30-14-10-26(19-33(30)47-35)34-20-41-31-17-24(8-12-28(31)43-34)25-9-13-29-32(18-25)46-36(45-29)16-11-27-22(2)37(27)40/h8-10,12-14,17-23,27,37H,7,11,15-16,40H2,1-6H3,(H,42,48)(H,44,47)(H,45,46)/t21?,22-,23-,27?,37?/m1/s1. The van der Waals surface area contributed by atoms with Gasteiger partial charge in [0.25, 0.3) is 0 Å². The Bertz CT molecular complexity index is 2140. The number of H-pyrrole nitrogens is 2. The number of hydrogen-bond acceptors (Lipinski definition) is 7. The van der Waals surface area contributed by atoms with Crippen molar-refractivity contribution in [1.29, 1.82) is 0 Å². The minimum Gasteiger partial charge on any atom is -0.444 e. The fourth-order valence-corrected chi connectivity index (χ4v) is 6.62. The molecule has 0 bridgehead atoms. The lowest BCUT2D eigenvalue weighted by Crippen LogP contribution is -2.40. The number of rotatable bonds is 10. The molecular formula is C39H46N8O2. The molecule has 5 N–H and O–H groups in total. The monoisotopic (exact) mass is 658 g/mol. The number of nitrogens with one attached hydrogen (secondary N) is 3. The number of alkyl carbamates (subject to hydrolysis) is 1. The van der Waals surface area contributed by atoms with Gasteiger partial charge in [-0.1, -0.05) is 32.0 Å². The summed E-state index contributed by atoms with van der Waals surface area (Å²) in [7, 11) is 0. The van der Waals surface area contributed by atoms with E-state index in [1.165, 1.54) is 0 Å². The Morgan fingerprint density at radius 1 is 0.857 bits per heavy atom. The third-order valence-corrected chi connectivity index (χ3v) is 10.0. The molecule has 1 fully saturated rings. The molecule has 1 saturated carbocycles. The van der Waals surface area contributed by atoms with E-state index in [0.717, 1.165) is 92.8 Å². The first kappa shape index (κ1) is 32.7. The maximum atomic E-state index is 12.2. The lowest BCUT2D eigenvalue weighted by molar-refractivity contribution is 0.0493. The van der Waals surface area contributed by atoms with Gasteiger partial charge in [-0.3, -0.25) is 4.98 Å². The van der Waals surface area contributed by atoms with Crippen LogP contribution in [0.5, 0.6) is 0 Å². The third-order valence-electron chi connectivity index (χ3n) is 10.0. The number of imidazole rings is 2. The molecule has 0 radical (unpaired) electrons. The minimum atomic E-state index is -0.519. The molecule has 1 amide bonds. The largest absolute Gasteiger partial charge is 0.444 e. The van der Waals surface area contributed by atoms with Crippen molar-refractivity contribution in [2.45, 2.75) is 84.9 Å². The Hall–Kier alpha value is -4.83. The molecule has 10 nitrogen and oxygen atoms in total. The fraction of sp³-hybridized carbons (Fsp3) is 0.410. The van der Waals surface area contributed by atoms with Crippen LogP contribution in [0.2, 0.25) is 0 Å². The lowest BCUT2D eigenvalue weighted by atomic mass is 9.98. The van der Waals surface area contributed by atoms with E-state index in [9.17, 15) is 4.79 Å². The summed E-state index contributed by atoms with van der Waals surface area (Å²) in [6.07, 6.45) is 5.09. The molecule has 6 aromatic rings. The second-order valence-corrected chi connectivity index (χ2v) is 14.9. The summed E-state index contributed by atoms with van der Waals surface area (Å²) in [5, 5.41) is 2.95. The number of benzene rings is 3. The van der Waals surface area contributed by atoms with Gasteiger partial charge in [-0.05, 0) is 106 Å². The van der Waals surface area contributed by atoms with Gasteiger partial charge >= 0.3 is 6.09 Å². The molecule has 3 unspecified atom stereocenters. The van der Waals surface area contributed by atoms with Crippen LogP contribution in [-0.2, 0) is 17.6 Å². The molecule has 3 heterocycles. The number of hydrogen-bond donors (Lipinski definition) is 4. The average Bonchev–Trinajstić information content (AvgIpc) is 3.39. The summed E-state index contributed by atoms with van der Waals surface area (Å²) >= 11 is 0. The Kier molecular flexibility index (Phi) is 8.60. The fourth-order valence-electron chi connectivity index (χ4n) is 6.62. The number of fused-ring (bicyclic) bond motifs is 3. The molecule has 1 aliphatic rings. The second-order valence-electron chi connectivity index (χ2n) is 14.9. The first-order chi connectivity index (χ1) is 23.4. The first-order valence-corrected chi connectivity index (χ1v) is 17.4. The van der Waals surface area contributed by atoms with Gasteiger partial charge in [0.1, 0.15) is 17.2 Å². The zero-order chi connectivity index (χ0) is 34.4. The summed E-state index contributed by atoms with van der Waals surface area (Å²) in [5.74, 6) is 3.42. The highest BCUT2D eigenvalue weighted by Crippen LogP contribution is 2.40. The normalized spacial score (nSPS) is 19.0. The molecule has 3 aromatic heterocycles. The summed E-state index contributed by atoms with van der Waals surface area (Å²) in [6, 6.07) is 19.1. The molecule has 254 valence electrons. The van der Waals surface area contributed by atoms with E-state index in [2.05, 4.69) is 65.5 Å². The summed E-state index contributed by atoms with van der Waals surface area (Å²) in [5.41, 5.74) is 15.2. The number of aromatic nitrogens is 6. The smallest absolute Gasteiger partial charge is 0.407 e. The van der Waals surface area contributed by atoms with E-state index >= 15 is 0 Å². The van der Waals surface area contributed by atoms with Crippen molar-refractivity contribution >= 4 is 39.2 Å². The second kappa shape index (κ2) is 12.9. The minimum absolute atomic E-state index is 0.0206. The molecule has 1 aliphatic carbocycles. The van der Waals surface area contributed by atoms with Gasteiger partial charge in [-0.15, -0.1) is 0 Å². The van der Waals surface area contributed by atoms with Crippen molar-refractivity contribution in [1.82, 2.24) is 35.2 Å². The van der Waals surface area contributed by atoms with Crippen LogP contribution < -0.4 is 11.1 Å². The molecule has 0 aliphatic heterocycles. The molecule has 7 rings (SSSR count). The summed E-state index contributed by atoms with van der Waals surface area (Å²) < 4.78 is 5.40. The molecule has 10 heteroatoms. The summed E-state index contributed by atoms with van der Waals surface area (Å²) in [4.78, 5) is 38.6. The van der Waals surface area contributed by atoms with Crippen LogP contribution in [0.3, 0.4) is 0 Å². The Balaban J connectivity index is 1.01. The number of carbonyl (C=O) groups excluding carboxylic acids is 1. The highest BCUT2D eigenvalue weighted by molar-refractivity contribution is 5.87. The molecular weight excluding hydrogens is 612 g/mol. The van der Waals surface area contributed by atoms with Crippen LogP contribution in [-0.4, -0.2) is 53.7 Å². The van der Waals surface area contributed by atoms with Gasteiger partial charge < -0.3 is 25.8 Å². The predicted octanol–water partition coefficient (Wildman–Crippen LogP) is 7.72. The number of nitrogens with two attached hydrogens (primary N) is 1. The van der Waals surface area contributed by atoms with Crippen LogP contribution in [0, 0.1) is 17.8 Å². The maximum absolute atomic E-state index is 12.2. The predicted molar refractivity (Wildman–Crippen MR) is 195 cm³/mol. The first-order valence-electron chi connectivity index (χ1n) is 17.4. The van der Waals surface area contributed by atoms with Gasteiger partial charge in [0, 0.05) is 30.5 Å². The van der Waals surface area contributed by atoms with Crippen molar-refractivity contribution in [3.63, 3.8) is 0 Å². The zero-order valence-corrected chi connectivity index (χ0v) is 29.2. The maximum Gasteiger partial charge on any atom is 0.407 e. The van der Waals surface area contributed by atoms with Crippen molar-refractivity contribution < 1.29 is 9.53 Å². The van der Waals surface area contributed by atoms with Crippen LogP contribution in [0.1, 0.15) is 66.0 Å². The van der Waals surface area contributed by atoms with Crippen LogP contribution in [0.25, 0.3) is 55.5 Å². The quantitative estimate of drug-likeness (QED) is 0.118. The van der Waals surface area contributed by atoms with E-state index in [4.69, 9.17) is 30.4 Å². The average molecular weight is 659 g/mol. The van der Waals surface area contributed by atoms with E-state index in [-0.39, 0.29) is 18.1 Å². The van der Waals surface area contributed by atoms with E-state index in [1.54, 1.807) is 0 Å². The highest BCUT2D eigenvalue weighted by Gasteiger charge is 2.42. The number of carbonyl (C=O) groups is 1. The number of amides is 1. The third kappa shape index (κ3) is 7.29.